The zero-order chi connectivity index (χ0) is 19.9. The van der Waals surface area contributed by atoms with Crippen LogP contribution in [0.3, 0.4) is 0 Å². The average molecular weight is 406 g/mol. The number of hydrogen-bond acceptors (Lipinski definition) is 4. The summed E-state index contributed by atoms with van der Waals surface area (Å²) in [6.45, 7) is 6.09. The van der Waals surface area contributed by atoms with Crippen LogP contribution < -0.4 is 5.32 Å². The highest BCUT2D eigenvalue weighted by Gasteiger charge is 2.25. The topological polar surface area (TPSA) is 35.6 Å². The van der Waals surface area contributed by atoms with Crippen LogP contribution in [-0.2, 0) is 4.79 Å². The number of halogens is 2. The molecule has 1 unspecified atom stereocenters. The average Bonchev–Trinajstić information content (AvgIpc) is 2.69. The van der Waals surface area contributed by atoms with E-state index in [0.29, 0.717) is 10.6 Å². The van der Waals surface area contributed by atoms with E-state index < -0.39 is 0 Å². The van der Waals surface area contributed by atoms with Crippen molar-refractivity contribution in [3.8, 4) is 0 Å². The van der Waals surface area contributed by atoms with Gasteiger partial charge >= 0.3 is 0 Å². The van der Waals surface area contributed by atoms with Crippen LogP contribution in [0.25, 0.3) is 0 Å². The molecule has 0 radical (unpaired) electrons. The number of nitrogens with zero attached hydrogens (tertiary/aromatic N) is 2. The monoisotopic (exact) mass is 405 g/mol. The van der Waals surface area contributed by atoms with Gasteiger partial charge in [0, 0.05) is 49.1 Å². The quantitative estimate of drug-likeness (QED) is 0.713. The molecular weight excluding hydrogens is 380 g/mol. The molecule has 1 amide bonds. The molecule has 1 saturated heterocycles. The van der Waals surface area contributed by atoms with Gasteiger partial charge in [0.2, 0.25) is 5.91 Å². The Kier molecular flexibility index (Phi) is 7.42. The van der Waals surface area contributed by atoms with E-state index in [1.807, 2.05) is 13.0 Å². The first-order chi connectivity index (χ1) is 13.5. The maximum Gasteiger partial charge on any atom is 0.241 e. The van der Waals surface area contributed by atoms with Gasteiger partial charge in [-0.3, -0.25) is 14.6 Å². The number of amides is 1. The van der Waals surface area contributed by atoms with Crippen LogP contribution >= 0.6 is 11.8 Å². The SMILES string of the molecule is CC(C(=O)Nc1cccc(F)c1)N1CCN(CCSc2ccccc2F)CC1. The summed E-state index contributed by atoms with van der Waals surface area (Å²) in [7, 11) is 0. The van der Waals surface area contributed by atoms with Gasteiger partial charge in [-0.1, -0.05) is 18.2 Å². The highest BCUT2D eigenvalue weighted by molar-refractivity contribution is 7.99. The zero-order valence-electron chi connectivity index (χ0n) is 15.9. The maximum atomic E-state index is 13.6. The molecule has 0 aromatic heterocycles. The van der Waals surface area contributed by atoms with Crippen molar-refractivity contribution in [2.45, 2.75) is 17.9 Å². The number of benzene rings is 2. The van der Waals surface area contributed by atoms with Crippen molar-refractivity contribution in [3.05, 3.63) is 60.2 Å². The van der Waals surface area contributed by atoms with Gasteiger partial charge in [-0.15, -0.1) is 11.8 Å². The Labute approximate surface area is 168 Å². The first-order valence-corrected chi connectivity index (χ1v) is 10.4. The molecule has 0 aliphatic carbocycles. The molecule has 1 fully saturated rings. The lowest BCUT2D eigenvalue weighted by Crippen LogP contribution is -2.53. The number of rotatable bonds is 7. The molecule has 4 nitrogen and oxygen atoms in total. The lowest BCUT2D eigenvalue weighted by Gasteiger charge is -2.37. The number of anilines is 1. The highest BCUT2D eigenvalue weighted by atomic mass is 32.2. The van der Waals surface area contributed by atoms with E-state index in [9.17, 15) is 13.6 Å². The van der Waals surface area contributed by atoms with Gasteiger partial charge in [-0.05, 0) is 37.3 Å². The van der Waals surface area contributed by atoms with Gasteiger partial charge in [0.15, 0.2) is 0 Å². The molecule has 1 atom stereocenters. The third-order valence-corrected chi connectivity index (χ3v) is 5.96. The van der Waals surface area contributed by atoms with Crippen LogP contribution in [0, 0.1) is 11.6 Å². The Morgan fingerprint density at radius 1 is 1.11 bits per heavy atom. The van der Waals surface area contributed by atoms with E-state index in [0.717, 1.165) is 38.5 Å². The van der Waals surface area contributed by atoms with Crippen molar-refractivity contribution in [2.24, 2.45) is 0 Å². The third kappa shape index (κ3) is 5.77. The largest absolute Gasteiger partial charge is 0.325 e. The molecule has 0 saturated carbocycles. The lowest BCUT2D eigenvalue weighted by atomic mass is 10.2. The molecule has 7 heteroatoms. The van der Waals surface area contributed by atoms with Gasteiger partial charge < -0.3 is 5.32 Å². The summed E-state index contributed by atoms with van der Waals surface area (Å²) in [5.74, 6) is 0.160. The second-order valence-electron chi connectivity index (χ2n) is 6.83. The van der Waals surface area contributed by atoms with E-state index in [4.69, 9.17) is 0 Å². The first-order valence-electron chi connectivity index (χ1n) is 9.43. The summed E-state index contributed by atoms with van der Waals surface area (Å²) in [4.78, 5) is 17.6. The molecule has 1 aliphatic rings. The van der Waals surface area contributed by atoms with Crippen molar-refractivity contribution < 1.29 is 13.6 Å². The van der Waals surface area contributed by atoms with Gasteiger partial charge in [-0.2, -0.15) is 0 Å². The molecule has 1 N–H and O–H groups in total. The number of piperazine rings is 1. The Bertz CT molecular complexity index is 797. The molecular formula is C21H25F2N3OS. The minimum absolute atomic E-state index is 0.130. The van der Waals surface area contributed by atoms with E-state index >= 15 is 0 Å². The van der Waals surface area contributed by atoms with E-state index in [1.54, 1.807) is 24.3 Å². The Balaban J connectivity index is 1.40. The fraction of sp³-hybridized carbons (Fsp3) is 0.381. The first kappa shape index (κ1) is 20.8. The van der Waals surface area contributed by atoms with Crippen molar-refractivity contribution >= 4 is 23.4 Å². The molecule has 1 heterocycles. The number of thioether (sulfide) groups is 1. The van der Waals surface area contributed by atoms with E-state index in [-0.39, 0.29) is 23.6 Å². The normalized spacial score (nSPS) is 16.7. The number of carbonyl (C=O) groups excluding carboxylic acids is 1. The summed E-state index contributed by atoms with van der Waals surface area (Å²) in [6, 6.07) is 12.5. The fourth-order valence-electron chi connectivity index (χ4n) is 3.20. The van der Waals surface area contributed by atoms with Crippen molar-refractivity contribution in [2.75, 3.05) is 43.8 Å². The Hall–Kier alpha value is -1.96. The number of hydrogen-bond donors (Lipinski definition) is 1. The standard InChI is InChI=1S/C21H25F2N3OS/c1-16(21(27)24-18-6-4-5-17(22)15-18)26-11-9-25(10-12-26)13-14-28-20-8-3-2-7-19(20)23/h2-8,15-16H,9-14H2,1H3,(H,24,27). The molecule has 0 bridgehead atoms. The number of nitrogens with one attached hydrogen (secondary N) is 1. The van der Waals surface area contributed by atoms with Crippen LogP contribution in [0.2, 0.25) is 0 Å². The summed E-state index contributed by atoms with van der Waals surface area (Å²) < 4.78 is 26.9. The van der Waals surface area contributed by atoms with Crippen LogP contribution in [0.5, 0.6) is 0 Å². The molecule has 2 aromatic rings. The minimum Gasteiger partial charge on any atom is -0.325 e. The Morgan fingerprint density at radius 2 is 1.86 bits per heavy atom. The molecule has 28 heavy (non-hydrogen) atoms. The summed E-state index contributed by atoms with van der Waals surface area (Å²) >= 11 is 1.53. The predicted octanol–water partition coefficient (Wildman–Crippen LogP) is 3.70. The van der Waals surface area contributed by atoms with Gasteiger partial charge in [-0.25, -0.2) is 8.78 Å². The molecule has 3 rings (SSSR count). The molecule has 1 aliphatic heterocycles. The maximum absolute atomic E-state index is 13.6. The summed E-state index contributed by atoms with van der Waals surface area (Å²) in [5, 5.41) is 2.78. The van der Waals surface area contributed by atoms with Crippen molar-refractivity contribution in [1.82, 2.24) is 9.80 Å². The molecule has 2 aromatic carbocycles. The highest BCUT2D eigenvalue weighted by Crippen LogP contribution is 2.21. The minimum atomic E-state index is -0.368. The van der Waals surface area contributed by atoms with Gasteiger partial charge in [0.1, 0.15) is 11.6 Å². The van der Waals surface area contributed by atoms with Crippen LogP contribution in [0.4, 0.5) is 14.5 Å². The van der Waals surface area contributed by atoms with Crippen molar-refractivity contribution in [3.63, 3.8) is 0 Å². The van der Waals surface area contributed by atoms with Gasteiger partial charge in [0.05, 0.1) is 6.04 Å². The summed E-state index contributed by atoms with van der Waals surface area (Å²) in [6.07, 6.45) is 0. The van der Waals surface area contributed by atoms with E-state index in [2.05, 4.69) is 15.1 Å². The smallest absolute Gasteiger partial charge is 0.241 e. The predicted molar refractivity (Wildman–Crippen MR) is 110 cm³/mol. The van der Waals surface area contributed by atoms with Crippen LogP contribution in [-0.4, -0.2) is 60.2 Å². The summed E-state index contributed by atoms with van der Waals surface area (Å²) in [5.41, 5.74) is 0.473. The Morgan fingerprint density at radius 3 is 2.57 bits per heavy atom. The second-order valence-corrected chi connectivity index (χ2v) is 7.97. The van der Waals surface area contributed by atoms with E-state index in [1.165, 1.54) is 30.0 Å². The molecule has 150 valence electrons. The number of carbonyl (C=O) groups is 1. The van der Waals surface area contributed by atoms with Crippen LogP contribution in [0.15, 0.2) is 53.4 Å². The lowest BCUT2D eigenvalue weighted by molar-refractivity contribution is -0.121. The van der Waals surface area contributed by atoms with Crippen molar-refractivity contribution in [1.29, 1.82) is 0 Å². The second kappa shape index (κ2) is 10.0. The van der Waals surface area contributed by atoms with Crippen LogP contribution in [0.1, 0.15) is 6.92 Å². The molecule has 0 spiro atoms. The zero-order valence-corrected chi connectivity index (χ0v) is 16.7. The third-order valence-electron chi connectivity index (χ3n) is 4.93. The van der Waals surface area contributed by atoms with Gasteiger partial charge in [0.25, 0.3) is 0 Å². The fourth-order valence-corrected chi connectivity index (χ4v) is 4.15.